The summed E-state index contributed by atoms with van der Waals surface area (Å²) in [5.74, 6) is 0.661. The molecule has 42 heavy (non-hydrogen) atoms. The van der Waals surface area contributed by atoms with Gasteiger partial charge in [0.25, 0.3) is 0 Å². The van der Waals surface area contributed by atoms with E-state index < -0.39 is 0 Å². The number of hydrogen-bond donors (Lipinski definition) is 1. The normalized spacial score (nSPS) is 13.1. The van der Waals surface area contributed by atoms with Gasteiger partial charge in [0, 0.05) is 16.2 Å². The van der Waals surface area contributed by atoms with Crippen LogP contribution in [-0.2, 0) is 0 Å². The maximum absolute atomic E-state index is 5.05. The molecule has 0 atom stereocenters. The Balaban J connectivity index is 1.48. The van der Waals surface area contributed by atoms with Crippen molar-refractivity contribution in [3.8, 4) is 11.1 Å². The molecule has 4 heteroatoms. The average molecular weight is 543 g/mol. The van der Waals surface area contributed by atoms with Gasteiger partial charge in [-0.25, -0.2) is 9.98 Å². The zero-order valence-electron chi connectivity index (χ0n) is 23.7. The van der Waals surface area contributed by atoms with Gasteiger partial charge >= 0.3 is 0 Å². The Morgan fingerprint density at radius 1 is 0.738 bits per heavy atom. The molecule has 0 fully saturated rings. The van der Waals surface area contributed by atoms with Crippen molar-refractivity contribution in [1.29, 1.82) is 0 Å². The zero-order valence-corrected chi connectivity index (χ0v) is 23.7. The average Bonchev–Trinajstić information content (AvgIpc) is 3.43. The lowest BCUT2D eigenvalue weighted by Crippen LogP contribution is -2.26. The van der Waals surface area contributed by atoms with Crippen molar-refractivity contribution in [2.45, 2.75) is 13.8 Å². The van der Waals surface area contributed by atoms with E-state index in [1.165, 1.54) is 27.3 Å². The van der Waals surface area contributed by atoms with E-state index in [2.05, 4.69) is 133 Å². The Labute approximate surface area is 244 Å². The number of imidazole rings is 1. The number of fused-ring (bicyclic) bond motifs is 9. The molecule has 202 valence electrons. The predicted octanol–water partition coefficient (Wildman–Crippen LogP) is 8.16. The summed E-state index contributed by atoms with van der Waals surface area (Å²) in [7, 11) is 0. The Kier molecular flexibility index (Phi) is 6.17. The Hall–Kier alpha value is -5.48. The van der Waals surface area contributed by atoms with E-state index in [0.29, 0.717) is 5.84 Å². The minimum atomic E-state index is 0.661. The second-order valence-corrected chi connectivity index (χ2v) is 10.3. The summed E-state index contributed by atoms with van der Waals surface area (Å²) < 4.78 is 2.29. The van der Waals surface area contributed by atoms with Crippen LogP contribution in [-0.4, -0.2) is 15.2 Å². The van der Waals surface area contributed by atoms with Crippen LogP contribution in [0.4, 0.5) is 5.69 Å². The number of hydrogen-bond acceptors (Lipinski definition) is 2. The maximum Gasteiger partial charge on any atom is 0.146 e. The zero-order chi connectivity index (χ0) is 28.8. The van der Waals surface area contributed by atoms with Gasteiger partial charge in [-0.05, 0) is 89.1 Å². The van der Waals surface area contributed by atoms with E-state index in [1.807, 2.05) is 6.92 Å². The van der Waals surface area contributed by atoms with Gasteiger partial charge in [0.15, 0.2) is 0 Å². The first-order valence-electron chi connectivity index (χ1n) is 14.1. The third-order valence-electron chi connectivity index (χ3n) is 8.04. The van der Waals surface area contributed by atoms with Crippen LogP contribution in [0.1, 0.15) is 13.8 Å². The third-order valence-corrected chi connectivity index (χ3v) is 8.04. The van der Waals surface area contributed by atoms with Gasteiger partial charge in [-0.2, -0.15) is 0 Å². The standard InChI is InChI=1S/C38H30N4/c1-5-33-35(6-2)42-36-16-12-11-15-29(36)32-22-25(19-20-30(32)38(42)41-33)24-17-18-26-23-34(40-37(7-3)39-8-4)28-14-10-9-13-27(28)31(26)21-24/h5-23H,3-4H2,1-2H3,(H,39,40)/b33-5+,35-6+. The van der Waals surface area contributed by atoms with E-state index in [4.69, 9.17) is 9.98 Å². The van der Waals surface area contributed by atoms with Crippen LogP contribution in [0, 0.1) is 0 Å². The molecule has 0 aliphatic carbocycles. The van der Waals surface area contributed by atoms with Crippen molar-refractivity contribution in [2.24, 2.45) is 4.99 Å². The number of pyridine rings is 1. The molecule has 0 radical (unpaired) electrons. The number of benzene rings is 5. The summed E-state index contributed by atoms with van der Waals surface area (Å²) in [6.45, 7) is 11.8. The van der Waals surface area contributed by atoms with Gasteiger partial charge in [0.05, 0.1) is 21.9 Å². The molecular formula is C38H30N4. The number of aliphatic imine (C=N–C) groups is 1. The summed E-state index contributed by atoms with van der Waals surface area (Å²) in [5.41, 5.74) is 5.38. The molecular weight excluding hydrogens is 512 g/mol. The van der Waals surface area contributed by atoms with Crippen LogP contribution in [0.5, 0.6) is 0 Å². The van der Waals surface area contributed by atoms with Crippen LogP contribution in [0.15, 0.2) is 121 Å². The molecule has 0 saturated carbocycles. The molecule has 0 aliphatic rings. The first kappa shape index (κ1) is 25.5. The van der Waals surface area contributed by atoms with Gasteiger partial charge < -0.3 is 5.32 Å². The van der Waals surface area contributed by atoms with Crippen LogP contribution < -0.4 is 16.0 Å². The molecule has 5 aromatic carbocycles. The van der Waals surface area contributed by atoms with Crippen molar-refractivity contribution < 1.29 is 0 Å². The lowest BCUT2D eigenvalue weighted by molar-refractivity contribution is 1.20. The van der Waals surface area contributed by atoms with Crippen LogP contribution in [0.25, 0.3) is 72.1 Å². The Morgan fingerprint density at radius 3 is 2.19 bits per heavy atom. The smallest absolute Gasteiger partial charge is 0.146 e. The second-order valence-electron chi connectivity index (χ2n) is 10.3. The molecule has 1 N–H and O–H groups in total. The first-order valence-corrected chi connectivity index (χ1v) is 14.1. The molecule has 7 rings (SSSR count). The molecule has 2 heterocycles. The van der Waals surface area contributed by atoms with Crippen molar-refractivity contribution >= 4 is 72.5 Å². The Morgan fingerprint density at radius 2 is 1.45 bits per heavy atom. The Bertz CT molecular complexity index is 2390. The van der Waals surface area contributed by atoms with E-state index in [9.17, 15) is 0 Å². The molecule has 0 aliphatic heterocycles. The number of rotatable bonds is 4. The predicted molar refractivity (Wildman–Crippen MR) is 181 cm³/mol. The van der Waals surface area contributed by atoms with E-state index >= 15 is 0 Å². The summed E-state index contributed by atoms with van der Waals surface area (Å²) >= 11 is 0. The van der Waals surface area contributed by atoms with Gasteiger partial charge in [0.1, 0.15) is 11.5 Å². The number of aromatic nitrogens is 2. The maximum atomic E-state index is 5.05. The number of amidine groups is 1. The van der Waals surface area contributed by atoms with Crippen molar-refractivity contribution in [2.75, 3.05) is 0 Å². The number of para-hydroxylation sites is 1. The SMILES string of the molecule is C=CNC(C=C)=Nc1cc2ccc(-c3ccc4c(c3)c3ccccc3n3c(=C/C)/c(=C\C)nc43)cc2c2ccccc12. The summed E-state index contributed by atoms with van der Waals surface area (Å²) in [6.07, 6.45) is 7.55. The fraction of sp³-hybridized carbons (Fsp3) is 0.0526. The molecule has 0 amide bonds. The summed E-state index contributed by atoms with van der Waals surface area (Å²) in [4.78, 5) is 9.89. The van der Waals surface area contributed by atoms with Crippen LogP contribution in [0.2, 0.25) is 0 Å². The largest absolute Gasteiger partial charge is 0.347 e. The van der Waals surface area contributed by atoms with Gasteiger partial charge in [-0.3, -0.25) is 4.40 Å². The number of nitrogens with one attached hydrogen (secondary N) is 1. The van der Waals surface area contributed by atoms with E-state index in [0.717, 1.165) is 49.1 Å². The highest BCUT2D eigenvalue weighted by Crippen LogP contribution is 2.37. The van der Waals surface area contributed by atoms with Gasteiger partial charge in [-0.1, -0.05) is 86.0 Å². The fourth-order valence-corrected chi connectivity index (χ4v) is 6.13. The van der Waals surface area contributed by atoms with E-state index in [-0.39, 0.29) is 0 Å². The molecule has 4 nitrogen and oxygen atoms in total. The molecule has 0 unspecified atom stereocenters. The van der Waals surface area contributed by atoms with Crippen LogP contribution in [0.3, 0.4) is 0 Å². The highest BCUT2D eigenvalue weighted by atomic mass is 15.0. The molecule has 7 aromatic rings. The van der Waals surface area contributed by atoms with E-state index in [1.54, 1.807) is 12.3 Å². The number of nitrogens with zero attached hydrogens (tertiary/aromatic N) is 3. The fourth-order valence-electron chi connectivity index (χ4n) is 6.13. The highest BCUT2D eigenvalue weighted by molar-refractivity contribution is 6.15. The first-order chi connectivity index (χ1) is 20.6. The summed E-state index contributed by atoms with van der Waals surface area (Å²) in [6, 6.07) is 32.6. The lowest BCUT2D eigenvalue weighted by atomic mass is 9.94. The van der Waals surface area contributed by atoms with Crippen molar-refractivity contribution in [1.82, 2.24) is 14.7 Å². The van der Waals surface area contributed by atoms with Gasteiger partial charge in [-0.15, -0.1) is 0 Å². The quantitative estimate of drug-likeness (QED) is 0.138. The van der Waals surface area contributed by atoms with Gasteiger partial charge in [0.2, 0.25) is 0 Å². The van der Waals surface area contributed by atoms with Crippen molar-refractivity contribution in [3.05, 3.63) is 127 Å². The summed E-state index contributed by atoms with van der Waals surface area (Å²) in [5, 5.41) is 13.3. The third kappa shape index (κ3) is 3.92. The molecule has 0 saturated heterocycles. The van der Waals surface area contributed by atoms with Crippen molar-refractivity contribution in [3.63, 3.8) is 0 Å². The monoisotopic (exact) mass is 542 g/mol. The molecule has 0 spiro atoms. The molecule has 2 aromatic heterocycles. The lowest BCUT2D eigenvalue weighted by Gasteiger charge is -2.12. The van der Waals surface area contributed by atoms with Crippen LogP contribution >= 0.6 is 0 Å². The minimum Gasteiger partial charge on any atom is -0.347 e. The second kappa shape index (κ2) is 10.2. The topological polar surface area (TPSA) is 41.7 Å². The minimum absolute atomic E-state index is 0.661. The molecule has 0 bridgehead atoms. The highest BCUT2D eigenvalue weighted by Gasteiger charge is 2.14.